The molecule has 0 unspecified atom stereocenters. The molecule has 2 heterocycles. The number of hydrogen-bond acceptors (Lipinski definition) is 8. The van der Waals surface area contributed by atoms with Crippen molar-refractivity contribution in [1.29, 1.82) is 0 Å². The number of para-hydroxylation sites is 2. The number of morpholine rings is 1. The average molecular weight is 344 g/mol. The minimum atomic E-state index is 0.507. The first-order chi connectivity index (χ1) is 12.3. The third-order valence-electron chi connectivity index (χ3n) is 3.82. The van der Waals surface area contributed by atoms with Crippen molar-refractivity contribution in [2.24, 2.45) is 0 Å². The number of rotatable bonds is 8. The van der Waals surface area contributed by atoms with Crippen molar-refractivity contribution < 1.29 is 9.47 Å². The van der Waals surface area contributed by atoms with Gasteiger partial charge >= 0.3 is 0 Å². The molecule has 0 amide bonds. The van der Waals surface area contributed by atoms with Gasteiger partial charge in [0.2, 0.25) is 5.95 Å². The summed E-state index contributed by atoms with van der Waals surface area (Å²) in [5.74, 6) is 1.91. The number of benzene rings is 1. The van der Waals surface area contributed by atoms with Crippen LogP contribution in [0, 0.1) is 0 Å². The quantitative estimate of drug-likeness (QED) is 0.749. The van der Waals surface area contributed by atoms with Crippen molar-refractivity contribution in [3.05, 3.63) is 30.5 Å². The van der Waals surface area contributed by atoms with Gasteiger partial charge in [0, 0.05) is 26.2 Å². The fourth-order valence-corrected chi connectivity index (χ4v) is 2.58. The highest BCUT2D eigenvalue weighted by molar-refractivity contribution is 5.63. The number of anilines is 3. The Morgan fingerprint density at radius 3 is 2.92 bits per heavy atom. The summed E-state index contributed by atoms with van der Waals surface area (Å²) in [6.45, 7) is 7.80. The van der Waals surface area contributed by atoms with Crippen LogP contribution in [0.3, 0.4) is 0 Å². The number of aromatic nitrogens is 3. The first-order valence-corrected chi connectivity index (χ1v) is 8.57. The Labute approximate surface area is 147 Å². The first kappa shape index (κ1) is 17.4. The molecule has 1 saturated heterocycles. The van der Waals surface area contributed by atoms with Crippen LogP contribution in [0.2, 0.25) is 0 Å². The molecule has 1 fully saturated rings. The van der Waals surface area contributed by atoms with E-state index in [4.69, 9.17) is 9.47 Å². The first-order valence-electron chi connectivity index (χ1n) is 8.57. The van der Waals surface area contributed by atoms with Crippen LogP contribution in [-0.4, -0.2) is 66.1 Å². The Kier molecular flexibility index (Phi) is 6.35. The Morgan fingerprint density at radius 1 is 1.24 bits per heavy atom. The summed E-state index contributed by atoms with van der Waals surface area (Å²) >= 11 is 0. The van der Waals surface area contributed by atoms with Gasteiger partial charge in [-0.25, -0.2) is 0 Å². The molecule has 1 aliphatic heterocycles. The molecule has 1 aliphatic rings. The second kappa shape index (κ2) is 9.14. The lowest BCUT2D eigenvalue weighted by molar-refractivity contribution is 0.0398. The van der Waals surface area contributed by atoms with E-state index in [1.807, 2.05) is 31.2 Å². The molecule has 1 aromatic heterocycles. The summed E-state index contributed by atoms with van der Waals surface area (Å²) in [7, 11) is 0. The van der Waals surface area contributed by atoms with Crippen molar-refractivity contribution in [3.8, 4) is 5.75 Å². The van der Waals surface area contributed by atoms with E-state index in [2.05, 4.69) is 30.7 Å². The van der Waals surface area contributed by atoms with Gasteiger partial charge in [-0.2, -0.15) is 10.1 Å². The van der Waals surface area contributed by atoms with Crippen molar-refractivity contribution in [2.45, 2.75) is 6.92 Å². The van der Waals surface area contributed by atoms with Crippen LogP contribution in [0.25, 0.3) is 0 Å². The van der Waals surface area contributed by atoms with Crippen molar-refractivity contribution >= 4 is 17.5 Å². The molecule has 0 saturated carbocycles. The molecular weight excluding hydrogens is 320 g/mol. The van der Waals surface area contributed by atoms with Crippen molar-refractivity contribution in [1.82, 2.24) is 20.1 Å². The number of hydrogen-bond donors (Lipinski definition) is 2. The molecule has 0 aliphatic carbocycles. The fourth-order valence-electron chi connectivity index (χ4n) is 2.58. The van der Waals surface area contributed by atoms with E-state index in [0.29, 0.717) is 18.4 Å². The van der Waals surface area contributed by atoms with Gasteiger partial charge in [-0.05, 0) is 19.1 Å². The molecule has 3 rings (SSSR count). The van der Waals surface area contributed by atoms with E-state index >= 15 is 0 Å². The van der Waals surface area contributed by atoms with Crippen LogP contribution in [-0.2, 0) is 4.74 Å². The minimum absolute atomic E-state index is 0.507. The number of ether oxygens (including phenoxy) is 2. The molecule has 0 bridgehead atoms. The van der Waals surface area contributed by atoms with E-state index in [0.717, 1.165) is 50.8 Å². The van der Waals surface area contributed by atoms with Crippen LogP contribution in [0.1, 0.15) is 6.92 Å². The second-order valence-corrected chi connectivity index (χ2v) is 5.60. The van der Waals surface area contributed by atoms with Crippen molar-refractivity contribution in [3.63, 3.8) is 0 Å². The summed E-state index contributed by atoms with van der Waals surface area (Å²) in [4.78, 5) is 6.81. The summed E-state index contributed by atoms with van der Waals surface area (Å²) in [5, 5.41) is 14.5. The third-order valence-corrected chi connectivity index (χ3v) is 3.82. The van der Waals surface area contributed by atoms with E-state index in [1.165, 1.54) is 0 Å². The van der Waals surface area contributed by atoms with Crippen LogP contribution < -0.4 is 15.4 Å². The largest absolute Gasteiger partial charge is 0.492 e. The smallest absolute Gasteiger partial charge is 0.244 e. The molecule has 0 radical (unpaired) electrons. The van der Waals surface area contributed by atoms with Gasteiger partial charge in [-0.1, -0.05) is 12.1 Å². The lowest BCUT2D eigenvalue weighted by Gasteiger charge is -2.26. The standard InChI is InChI=1S/C17H24N6O2/c1-2-25-15-6-4-3-5-14(15)20-16-13-19-22-17(21-16)18-7-8-23-9-11-24-12-10-23/h3-6,13H,2,7-12H2,1H3,(H2,18,20,21,22). The van der Waals surface area contributed by atoms with E-state index < -0.39 is 0 Å². The van der Waals surface area contributed by atoms with Gasteiger partial charge in [0.15, 0.2) is 5.82 Å². The predicted octanol–water partition coefficient (Wildman–Crippen LogP) is 1.76. The average Bonchev–Trinajstić information content (AvgIpc) is 2.65. The van der Waals surface area contributed by atoms with Gasteiger partial charge in [-0.3, -0.25) is 4.90 Å². The Bertz CT molecular complexity index is 663. The van der Waals surface area contributed by atoms with Gasteiger partial charge in [0.1, 0.15) is 5.75 Å². The van der Waals surface area contributed by atoms with E-state index in [1.54, 1.807) is 6.20 Å². The van der Waals surface area contributed by atoms with E-state index in [-0.39, 0.29) is 0 Å². The third kappa shape index (κ3) is 5.27. The fraction of sp³-hybridized carbons (Fsp3) is 0.471. The SMILES string of the molecule is CCOc1ccccc1Nc1cnnc(NCCN2CCOCC2)n1. The lowest BCUT2D eigenvalue weighted by Crippen LogP contribution is -2.39. The maximum atomic E-state index is 5.61. The predicted molar refractivity (Wildman–Crippen MR) is 96.5 cm³/mol. The summed E-state index contributed by atoms with van der Waals surface area (Å²) in [6.07, 6.45) is 1.59. The number of nitrogens with one attached hydrogen (secondary N) is 2. The monoisotopic (exact) mass is 344 g/mol. The van der Waals surface area contributed by atoms with Crippen LogP contribution in [0.4, 0.5) is 17.5 Å². The highest BCUT2D eigenvalue weighted by atomic mass is 16.5. The summed E-state index contributed by atoms with van der Waals surface area (Å²) < 4.78 is 11.0. The summed E-state index contributed by atoms with van der Waals surface area (Å²) in [6, 6.07) is 7.74. The van der Waals surface area contributed by atoms with Gasteiger partial charge in [-0.15, -0.1) is 5.10 Å². The normalized spacial score (nSPS) is 14.9. The van der Waals surface area contributed by atoms with Crippen LogP contribution in [0.5, 0.6) is 5.75 Å². The molecule has 0 atom stereocenters. The molecule has 2 N–H and O–H groups in total. The minimum Gasteiger partial charge on any atom is -0.492 e. The molecule has 8 heteroatoms. The molecule has 134 valence electrons. The van der Waals surface area contributed by atoms with Crippen LogP contribution >= 0.6 is 0 Å². The zero-order chi connectivity index (χ0) is 17.3. The maximum absolute atomic E-state index is 5.61. The highest BCUT2D eigenvalue weighted by Crippen LogP contribution is 2.26. The zero-order valence-corrected chi connectivity index (χ0v) is 14.4. The summed E-state index contributed by atoms with van der Waals surface area (Å²) in [5.41, 5.74) is 0.851. The van der Waals surface area contributed by atoms with Crippen molar-refractivity contribution in [2.75, 3.05) is 56.6 Å². The molecule has 8 nitrogen and oxygen atoms in total. The van der Waals surface area contributed by atoms with Gasteiger partial charge < -0.3 is 20.1 Å². The molecule has 2 aromatic rings. The zero-order valence-electron chi connectivity index (χ0n) is 14.4. The van der Waals surface area contributed by atoms with Gasteiger partial charge in [0.05, 0.1) is 31.7 Å². The Morgan fingerprint density at radius 2 is 2.08 bits per heavy atom. The van der Waals surface area contributed by atoms with E-state index in [9.17, 15) is 0 Å². The number of nitrogens with zero attached hydrogens (tertiary/aromatic N) is 4. The lowest BCUT2D eigenvalue weighted by atomic mass is 10.3. The molecule has 0 spiro atoms. The Balaban J connectivity index is 1.56. The molecular formula is C17H24N6O2. The highest BCUT2D eigenvalue weighted by Gasteiger charge is 2.10. The Hall–Kier alpha value is -2.45. The topological polar surface area (TPSA) is 84.4 Å². The molecule has 25 heavy (non-hydrogen) atoms. The van der Waals surface area contributed by atoms with Crippen LogP contribution in [0.15, 0.2) is 30.5 Å². The molecule has 1 aromatic carbocycles. The van der Waals surface area contributed by atoms with Gasteiger partial charge in [0.25, 0.3) is 0 Å². The maximum Gasteiger partial charge on any atom is 0.244 e. The second-order valence-electron chi connectivity index (χ2n) is 5.60.